The number of carbonyl (C=O) groups is 1. The largest absolute Gasteiger partial charge is 0.444 e. The first kappa shape index (κ1) is 16.6. The number of hydrogen-bond acceptors (Lipinski definition) is 4. The predicted molar refractivity (Wildman–Crippen MR) is 82.2 cm³/mol. The summed E-state index contributed by atoms with van der Waals surface area (Å²) >= 11 is 0. The highest BCUT2D eigenvalue weighted by Crippen LogP contribution is 2.38. The van der Waals surface area contributed by atoms with E-state index in [1.165, 1.54) is 0 Å². The maximum Gasteiger partial charge on any atom is 0.410 e. The van der Waals surface area contributed by atoms with Crippen LogP contribution in [0.1, 0.15) is 52.9 Å². The summed E-state index contributed by atoms with van der Waals surface area (Å²) in [5, 5.41) is 8.96. The van der Waals surface area contributed by atoms with Crippen molar-refractivity contribution in [2.45, 2.75) is 76.6 Å². The highest BCUT2D eigenvalue weighted by molar-refractivity contribution is 5.69. The SMILES string of the molecule is CN(CCCO)C1CC2CCC(C1)N2C(=O)OC(C)(C)C. The summed E-state index contributed by atoms with van der Waals surface area (Å²) in [4.78, 5) is 16.7. The number of aliphatic hydroxyl groups excluding tert-OH is 1. The molecule has 2 unspecified atom stereocenters. The van der Waals surface area contributed by atoms with E-state index < -0.39 is 5.60 Å². The first-order chi connectivity index (χ1) is 9.81. The Balaban J connectivity index is 1.94. The van der Waals surface area contributed by atoms with Crippen molar-refractivity contribution in [2.24, 2.45) is 0 Å². The van der Waals surface area contributed by atoms with E-state index in [2.05, 4.69) is 11.9 Å². The average Bonchev–Trinajstić information content (AvgIpc) is 2.65. The van der Waals surface area contributed by atoms with Gasteiger partial charge in [-0.05, 0) is 59.9 Å². The Labute approximate surface area is 128 Å². The first-order valence-corrected chi connectivity index (χ1v) is 8.14. The molecule has 2 atom stereocenters. The summed E-state index contributed by atoms with van der Waals surface area (Å²) in [5.41, 5.74) is -0.425. The fourth-order valence-electron chi connectivity index (χ4n) is 3.62. The second kappa shape index (κ2) is 6.53. The minimum absolute atomic E-state index is 0.147. The number of nitrogens with zero attached hydrogens (tertiary/aromatic N) is 2. The van der Waals surface area contributed by atoms with Gasteiger partial charge in [-0.2, -0.15) is 0 Å². The van der Waals surface area contributed by atoms with E-state index in [1.807, 2.05) is 25.7 Å². The monoisotopic (exact) mass is 298 g/mol. The van der Waals surface area contributed by atoms with E-state index >= 15 is 0 Å². The van der Waals surface area contributed by atoms with Crippen molar-refractivity contribution in [3.63, 3.8) is 0 Å². The molecule has 1 N–H and O–H groups in total. The van der Waals surface area contributed by atoms with Gasteiger partial charge in [-0.15, -0.1) is 0 Å². The quantitative estimate of drug-likeness (QED) is 0.865. The number of aliphatic hydroxyl groups is 1. The third kappa shape index (κ3) is 4.10. The summed E-state index contributed by atoms with van der Waals surface area (Å²) in [6, 6.07) is 1.16. The zero-order chi connectivity index (χ0) is 15.6. The molecule has 2 aliphatic heterocycles. The summed E-state index contributed by atoms with van der Waals surface area (Å²) < 4.78 is 5.56. The molecule has 0 spiro atoms. The molecule has 0 aromatic heterocycles. The minimum Gasteiger partial charge on any atom is -0.444 e. The third-order valence-electron chi connectivity index (χ3n) is 4.60. The Kier molecular flexibility index (Phi) is 5.15. The fourth-order valence-corrected chi connectivity index (χ4v) is 3.62. The first-order valence-electron chi connectivity index (χ1n) is 8.14. The molecule has 0 aliphatic carbocycles. The van der Waals surface area contributed by atoms with E-state index in [-0.39, 0.29) is 12.7 Å². The summed E-state index contributed by atoms with van der Waals surface area (Å²) in [6.45, 7) is 6.92. The number of fused-ring (bicyclic) bond motifs is 2. The van der Waals surface area contributed by atoms with Crippen LogP contribution in [0.15, 0.2) is 0 Å². The van der Waals surface area contributed by atoms with Crippen molar-refractivity contribution in [3.8, 4) is 0 Å². The Hall–Kier alpha value is -0.810. The van der Waals surface area contributed by atoms with Gasteiger partial charge in [0.1, 0.15) is 5.60 Å². The second-order valence-electron chi connectivity index (χ2n) is 7.46. The van der Waals surface area contributed by atoms with Crippen LogP contribution in [-0.4, -0.2) is 64.9 Å². The van der Waals surface area contributed by atoms with E-state index in [9.17, 15) is 4.79 Å². The van der Waals surface area contributed by atoms with Crippen LogP contribution in [-0.2, 0) is 4.74 Å². The van der Waals surface area contributed by atoms with Gasteiger partial charge in [0.2, 0.25) is 0 Å². The molecule has 122 valence electrons. The fraction of sp³-hybridized carbons (Fsp3) is 0.938. The third-order valence-corrected chi connectivity index (χ3v) is 4.60. The van der Waals surface area contributed by atoms with Crippen LogP contribution in [0.25, 0.3) is 0 Å². The number of piperidine rings is 1. The molecular formula is C16H30N2O3. The number of rotatable bonds is 4. The zero-order valence-electron chi connectivity index (χ0n) is 13.8. The van der Waals surface area contributed by atoms with Crippen molar-refractivity contribution in [2.75, 3.05) is 20.2 Å². The van der Waals surface area contributed by atoms with Crippen LogP contribution in [0.3, 0.4) is 0 Å². The van der Waals surface area contributed by atoms with Crippen molar-refractivity contribution in [1.29, 1.82) is 0 Å². The molecule has 21 heavy (non-hydrogen) atoms. The van der Waals surface area contributed by atoms with Crippen LogP contribution in [0, 0.1) is 0 Å². The van der Waals surface area contributed by atoms with Gasteiger partial charge in [0.25, 0.3) is 0 Å². The lowest BCUT2D eigenvalue weighted by Gasteiger charge is -2.42. The van der Waals surface area contributed by atoms with Gasteiger partial charge in [0.15, 0.2) is 0 Å². The maximum absolute atomic E-state index is 12.4. The van der Waals surface area contributed by atoms with E-state index in [0.717, 1.165) is 38.6 Å². The van der Waals surface area contributed by atoms with Crippen molar-refractivity contribution in [1.82, 2.24) is 9.80 Å². The lowest BCUT2D eigenvalue weighted by atomic mass is 9.96. The van der Waals surface area contributed by atoms with Gasteiger partial charge in [0, 0.05) is 31.3 Å². The molecule has 5 heteroatoms. The normalized spacial score (nSPS) is 29.0. The van der Waals surface area contributed by atoms with Crippen LogP contribution in [0.4, 0.5) is 4.79 Å². The molecule has 5 nitrogen and oxygen atoms in total. The van der Waals surface area contributed by atoms with Gasteiger partial charge >= 0.3 is 6.09 Å². The zero-order valence-corrected chi connectivity index (χ0v) is 13.8. The minimum atomic E-state index is -0.425. The van der Waals surface area contributed by atoms with E-state index in [4.69, 9.17) is 9.84 Å². The molecule has 2 fully saturated rings. The Morgan fingerprint density at radius 2 is 1.86 bits per heavy atom. The van der Waals surface area contributed by atoms with Gasteiger partial charge in [0.05, 0.1) is 0 Å². The maximum atomic E-state index is 12.4. The molecular weight excluding hydrogens is 268 g/mol. The van der Waals surface area contributed by atoms with Gasteiger partial charge in [-0.1, -0.05) is 0 Å². The molecule has 2 saturated heterocycles. The number of amides is 1. The molecule has 2 bridgehead atoms. The number of ether oxygens (including phenoxy) is 1. The van der Waals surface area contributed by atoms with Crippen LogP contribution < -0.4 is 0 Å². The standard InChI is InChI=1S/C16H30N2O3/c1-16(2,3)21-15(20)18-12-6-7-13(18)11-14(10-12)17(4)8-5-9-19/h12-14,19H,5-11H2,1-4H3. The molecule has 1 amide bonds. The second-order valence-corrected chi connectivity index (χ2v) is 7.46. The van der Waals surface area contributed by atoms with Crippen LogP contribution in [0.5, 0.6) is 0 Å². The smallest absolute Gasteiger partial charge is 0.410 e. The molecule has 0 aromatic carbocycles. The van der Waals surface area contributed by atoms with Gasteiger partial charge < -0.3 is 19.6 Å². The van der Waals surface area contributed by atoms with Crippen molar-refractivity contribution < 1.29 is 14.6 Å². The predicted octanol–water partition coefficient (Wildman–Crippen LogP) is 2.23. The molecule has 0 radical (unpaired) electrons. The Bertz CT molecular complexity index is 353. The van der Waals surface area contributed by atoms with E-state index in [0.29, 0.717) is 18.1 Å². The number of carbonyl (C=O) groups excluding carboxylic acids is 1. The molecule has 2 aliphatic rings. The topological polar surface area (TPSA) is 53.0 Å². The Morgan fingerprint density at radius 3 is 2.33 bits per heavy atom. The summed E-state index contributed by atoms with van der Waals surface area (Å²) in [5.74, 6) is 0. The summed E-state index contributed by atoms with van der Waals surface area (Å²) in [7, 11) is 2.13. The molecule has 0 saturated carbocycles. The lowest BCUT2D eigenvalue weighted by molar-refractivity contribution is -0.00242. The van der Waals surface area contributed by atoms with Crippen LogP contribution in [0.2, 0.25) is 0 Å². The highest BCUT2D eigenvalue weighted by Gasteiger charge is 2.45. The molecule has 0 aromatic rings. The molecule has 2 rings (SSSR count). The average molecular weight is 298 g/mol. The molecule has 2 heterocycles. The van der Waals surface area contributed by atoms with Crippen molar-refractivity contribution in [3.05, 3.63) is 0 Å². The lowest BCUT2D eigenvalue weighted by Crippen LogP contribution is -2.53. The van der Waals surface area contributed by atoms with Crippen molar-refractivity contribution >= 4 is 6.09 Å². The Morgan fingerprint density at radius 1 is 1.29 bits per heavy atom. The number of hydrogen-bond donors (Lipinski definition) is 1. The van der Waals surface area contributed by atoms with E-state index in [1.54, 1.807) is 0 Å². The van der Waals surface area contributed by atoms with Gasteiger partial charge in [-0.3, -0.25) is 0 Å². The van der Waals surface area contributed by atoms with Gasteiger partial charge in [-0.25, -0.2) is 4.79 Å². The summed E-state index contributed by atoms with van der Waals surface area (Å²) in [6.07, 6.45) is 4.90. The van der Waals surface area contributed by atoms with Crippen LogP contribution >= 0.6 is 0 Å². The highest BCUT2D eigenvalue weighted by atomic mass is 16.6.